The largest absolute Gasteiger partial charge is 0.462 e. The molecule has 0 aliphatic heterocycles. The zero-order valence-electron chi connectivity index (χ0n) is 53.2. The van der Waals surface area contributed by atoms with Crippen LogP contribution in [0.25, 0.3) is 0 Å². The summed E-state index contributed by atoms with van der Waals surface area (Å²) in [5.74, 6) is -1.14. The van der Waals surface area contributed by atoms with Gasteiger partial charge in [0.15, 0.2) is 6.10 Å². The Kier molecular flexibility index (Phi) is 38.6. The molecule has 1 aromatic carbocycles. The molecule has 0 radical (unpaired) electrons. The van der Waals surface area contributed by atoms with E-state index in [4.69, 9.17) is 35.3 Å². The van der Waals surface area contributed by atoms with Crippen molar-refractivity contribution in [1.29, 1.82) is 0 Å². The molecule has 0 unspecified atom stereocenters. The van der Waals surface area contributed by atoms with Crippen LogP contribution in [0.4, 0.5) is 17.2 Å². The first kappa shape index (κ1) is 72.8. The molecule has 2 aromatic rings. The number of benzene rings is 1. The van der Waals surface area contributed by atoms with Crippen LogP contribution >= 0.6 is 11.6 Å². The summed E-state index contributed by atoms with van der Waals surface area (Å²) in [5, 5.41) is 3.77. The van der Waals surface area contributed by atoms with E-state index in [0.29, 0.717) is 24.6 Å². The zero-order chi connectivity index (χ0) is 60.5. The van der Waals surface area contributed by atoms with Crippen molar-refractivity contribution in [3.05, 3.63) is 41.3 Å². The van der Waals surface area contributed by atoms with Crippen molar-refractivity contribution in [2.24, 2.45) is 5.92 Å². The summed E-state index contributed by atoms with van der Waals surface area (Å²) >= 11 is 6.09. The SMILES string of the molecule is CCCCCCCCCCCCCCCC(=O)OCC(COC(=O)CCCCCCCCCCCCCCC)OC(=O)CCCC(=O)OC1CCC(N(CC(C)C)c2ccc([C@H](C)CC(=O)OC(C)(C)C)cc2Nc2cnc(Cl)cn2)CC1. The Morgan fingerprint density at radius 3 is 1.52 bits per heavy atom. The number of unbranched alkanes of at least 4 members (excludes halogenated alkanes) is 24. The summed E-state index contributed by atoms with van der Waals surface area (Å²) in [7, 11) is 0. The number of ether oxygens (including phenoxy) is 5. The van der Waals surface area contributed by atoms with Crippen molar-refractivity contribution in [3.63, 3.8) is 0 Å². The minimum absolute atomic E-state index is 0.0428. The second-order valence-electron chi connectivity index (χ2n) is 25.1. The van der Waals surface area contributed by atoms with Crippen LogP contribution in [0.2, 0.25) is 5.15 Å². The van der Waals surface area contributed by atoms with Gasteiger partial charge in [-0.2, -0.15) is 0 Å². The minimum atomic E-state index is -0.949. The number of hydrogen-bond acceptors (Lipinski definition) is 14. The lowest BCUT2D eigenvalue weighted by molar-refractivity contribution is -0.167. The van der Waals surface area contributed by atoms with Gasteiger partial charge in [-0.1, -0.05) is 206 Å². The third-order valence-corrected chi connectivity index (χ3v) is 15.7. The summed E-state index contributed by atoms with van der Waals surface area (Å²) in [6, 6.07) is 6.42. The lowest BCUT2D eigenvalue weighted by Gasteiger charge is -2.40. The van der Waals surface area contributed by atoms with Crippen LogP contribution in [0.15, 0.2) is 30.6 Å². The molecule has 1 heterocycles. The number of aromatic nitrogens is 2. The Bertz CT molecular complexity index is 2030. The van der Waals surface area contributed by atoms with Gasteiger partial charge in [-0.3, -0.25) is 24.0 Å². The number of nitrogens with one attached hydrogen (secondary N) is 1. The van der Waals surface area contributed by atoms with E-state index in [-0.39, 0.29) is 98.8 Å². The average molecular weight is 1180 g/mol. The van der Waals surface area contributed by atoms with E-state index in [2.05, 4.69) is 66.1 Å². The molecule has 1 atom stereocenters. The van der Waals surface area contributed by atoms with Crippen molar-refractivity contribution in [1.82, 2.24) is 9.97 Å². The summed E-state index contributed by atoms with van der Waals surface area (Å²) in [4.78, 5) is 76.0. The lowest BCUT2D eigenvalue weighted by Crippen LogP contribution is -2.42. The first-order chi connectivity index (χ1) is 40.0. The number of carbonyl (C=O) groups excluding carboxylic acids is 5. The Morgan fingerprint density at radius 1 is 0.590 bits per heavy atom. The number of anilines is 3. The number of esters is 5. The molecule has 0 saturated heterocycles. The molecular formula is C68H113ClN4O10. The summed E-state index contributed by atoms with van der Waals surface area (Å²) in [5.41, 5.74) is 2.22. The van der Waals surface area contributed by atoms with E-state index in [9.17, 15) is 24.0 Å². The van der Waals surface area contributed by atoms with Gasteiger partial charge < -0.3 is 33.9 Å². The van der Waals surface area contributed by atoms with Gasteiger partial charge in [0, 0.05) is 38.3 Å². The monoisotopic (exact) mass is 1180 g/mol. The molecule has 1 aliphatic carbocycles. The van der Waals surface area contributed by atoms with E-state index in [1.54, 1.807) is 6.20 Å². The third-order valence-electron chi connectivity index (χ3n) is 15.5. The summed E-state index contributed by atoms with van der Waals surface area (Å²) < 4.78 is 28.5. The minimum Gasteiger partial charge on any atom is -0.462 e. The van der Waals surface area contributed by atoms with Crippen molar-refractivity contribution in [2.45, 2.75) is 316 Å². The zero-order valence-corrected chi connectivity index (χ0v) is 53.9. The molecule has 1 fully saturated rings. The van der Waals surface area contributed by atoms with Crippen molar-refractivity contribution < 1.29 is 47.7 Å². The molecule has 0 amide bonds. The second kappa shape index (κ2) is 44.1. The second-order valence-corrected chi connectivity index (χ2v) is 25.5. The molecule has 0 bridgehead atoms. The Hall–Kier alpha value is -4.46. The fourth-order valence-corrected chi connectivity index (χ4v) is 11.0. The number of nitrogens with zero attached hydrogens (tertiary/aromatic N) is 3. The Labute approximate surface area is 507 Å². The number of carbonyl (C=O) groups is 5. The molecule has 3 rings (SSSR count). The van der Waals surface area contributed by atoms with E-state index in [1.807, 2.05) is 27.7 Å². The van der Waals surface area contributed by atoms with Crippen LogP contribution in [0.1, 0.15) is 298 Å². The number of hydrogen-bond donors (Lipinski definition) is 1. The first-order valence-corrected chi connectivity index (χ1v) is 33.4. The van der Waals surface area contributed by atoms with Gasteiger partial charge in [0.1, 0.15) is 35.9 Å². The van der Waals surface area contributed by atoms with Crippen LogP contribution in [-0.2, 0) is 47.7 Å². The molecular weight excluding hydrogens is 1070 g/mol. The van der Waals surface area contributed by atoms with Crippen LogP contribution < -0.4 is 10.2 Å². The van der Waals surface area contributed by atoms with Crippen LogP contribution in [0, 0.1) is 5.92 Å². The highest BCUT2D eigenvalue weighted by Crippen LogP contribution is 2.38. The van der Waals surface area contributed by atoms with E-state index >= 15 is 0 Å². The number of rotatable bonds is 47. The van der Waals surface area contributed by atoms with Crippen molar-refractivity contribution in [3.8, 4) is 0 Å². The van der Waals surface area contributed by atoms with E-state index < -0.39 is 17.7 Å². The summed E-state index contributed by atoms with van der Waals surface area (Å²) in [6.07, 6.45) is 37.4. The van der Waals surface area contributed by atoms with Gasteiger partial charge in [-0.25, -0.2) is 9.97 Å². The van der Waals surface area contributed by atoms with Crippen LogP contribution in [-0.4, -0.2) is 83.4 Å². The molecule has 14 nitrogen and oxygen atoms in total. The third kappa shape index (κ3) is 35.6. The average Bonchev–Trinajstić information content (AvgIpc) is 3.65. The predicted molar refractivity (Wildman–Crippen MR) is 336 cm³/mol. The topological polar surface area (TPSA) is 173 Å². The highest BCUT2D eigenvalue weighted by atomic mass is 35.5. The standard InChI is InChI=1S/C68H113ClN4O10/c1-9-11-13-15-17-19-21-23-25-27-29-31-33-36-63(74)79-51-58(52-80-64(75)37-34-32-30-28-26-24-22-20-18-16-14-12-10-2)82-66(77)39-35-38-65(76)81-57-43-41-56(42-44-57)73(50-53(3)4)60-45-40-55(54(5)46-67(78)83-68(6,7)8)47-59(60)72-62-49-70-61(69)48-71-62/h40,45,47-49,53-54,56-58H,9-39,41-44,46,50-52H2,1-8H3,(H,71,72)/t54-,56?,57?/m1/s1. The number of halogens is 1. The fourth-order valence-electron chi connectivity index (χ4n) is 10.9. The van der Waals surface area contributed by atoms with Crippen molar-refractivity contribution >= 4 is 58.6 Å². The van der Waals surface area contributed by atoms with Gasteiger partial charge in [-0.05, 0) is 95.2 Å². The predicted octanol–water partition coefficient (Wildman–Crippen LogP) is 18.2. The maximum atomic E-state index is 13.2. The first-order valence-electron chi connectivity index (χ1n) is 33.0. The molecule has 83 heavy (non-hydrogen) atoms. The van der Waals surface area contributed by atoms with Crippen LogP contribution in [0.3, 0.4) is 0 Å². The highest BCUT2D eigenvalue weighted by Gasteiger charge is 2.31. The van der Waals surface area contributed by atoms with Gasteiger partial charge in [-0.15, -0.1) is 0 Å². The van der Waals surface area contributed by atoms with Gasteiger partial charge in [0.25, 0.3) is 0 Å². The summed E-state index contributed by atoms with van der Waals surface area (Å²) in [6.45, 7) is 16.9. The molecule has 1 N–H and O–H groups in total. The van der Waals surface area contributed by atoms with Gasteiger partial charge in [0.05, 0.1) is 30.2 Å². The van der Waals surface area contributed by atoms with Gasteiger partial charge in [0.2, 0.25) is 0 Å². The van der Waals surface area contributed by atoms with Crippen LogP contribution in [0.5, 0.6) is 0 Å². The lowest BCUT2D eigenvalue weighted by atomic mass is 9.90. The molecule has 1 saturated carbocycles. The Balaban J connectivity index is 1.49. The van der Waals surface area contributed by atoms with Gasteiger partial charge >= 0.3 is 29.8 Å². The van der Waals surface area contributed by atoms with E-state index in [0.717, 1.165) is 74.8 Å². The fraction of sp³-hybridized carbons (Fsp3) is 0.779. The van der Waals surface area contributed by atoms with Crippen molar-refractivity contribution in [2.75, 3.05) is 30.0 Å². The normalized spacial score (nSPS) is 14.8. The molecule has 0 spiro atoms. The molecule has 1 aliphatic rings. The smallest absolute Gasteiger partial charge is 0.306 e. The molecule has 15 heteroatoms. The van der Waals surface area contributed by atoms with E-state index in [1.165, 1.54) is 135 Å². The quantitative estimate of drug-likeness (QED) is 0.0377. The molecule has 472 valence electrons. The maximum absolute atomic E-state index is 13.2. The Morgan fingerprint density at radius 2 is 1.06 bits per heavy atom. The maximum Gasteiger partial charge on any atom is 0.306 e. The molecule has 1 aromatic heterocycles. The highest BCUT2D eigenvalue weighted by molar-refractivity contribution is 6.29.